The molecule has 0 spiro atoms. The number of amides is 1. The van der Waals surface area contributed by atoms with Gasteiger partial charge in [-0.2, -0.15) is 5.26 Å². The second-order valence-electron chi connectivity index (χ2n) is 8.03. The maximum Gasteiger partial charge on any atom is 0.226 e. The number of carbonyl (C=O) groups is 1. The third kappa shape index (κ3) is 1.80. The van der Waals surface area contributed by atoms with Crippen molar-refractivity contribution in [3.8, 4) is 6.07 Å². The fourth-order valence-electron chi connectivity index (χ4n) is 5.89. The zero-order valence-corrected chi connectivity index (χ0v) is 12.3. The largest absolute Gasteiger partial charge is 0.329 e. The van der Waals surface area contributed by atoms with E-state index in [2.05, 4.69) is 6.07 Å². The van der Waals surface area contributed by atoms with Crippen molar-refractivity contribution in [3.63, 3.8) is 0 Å². The Labute approximate surface area is 121 Å². The lowest BCUT2D eigenvalue weighted by Crippen LogP contribution is -2.57. The van der Waals surface area contributed by atoms with Crippen molar-refractivity contribution in [1.82, 2.24) is 4.90 Å². The van der Waals surface area contributed by atoms with Gasteiger partial charge < -0.3 is 4.90 Å². The van der Waals surface area contributed by atoms with Gasteiger partial charge in [0.1, 0.15) is 6.04 Å². The molecule has 0 aliphatic heterocycles. The van der Waals surface area contributed by atoms with Gasteiger partial charge in [0.05, 0.1) is 6.07 Å². The van der Waals surface area contributed by atoms with E-state index in [1.807, 2.05) is 11.9 Å². The number of rotatable bonds is 3. The third-order valence-corrected chi connectivity index (χ3v) is 6.45. The van der Waals surface area contributed by atoms with Gasteiger partial charge in [0.15, 0.2) is 0 Å². The lowest BCUT2D eigenvalue weighted by Gasteiger charge is -2.59. The van der Waals surface area contributed by atoms with Crippen LogP contribution in [0.15, 0.2) is 0 Å². The first-order valence-corrected chi connectivity index (χ1v) is 8.27. The van der Waals surface area contributed by atoms with Crippen LogP contribution in [0.2, 0.25) is 0 Å². The topological polar surface area (TPSA) is 44.1 Å². The number of nitriles is 1. The van der Waals surface area contributed by atoms with Crippen LogP contribution in [-0.4, -0.2) is 23.9 Å². The normalized spacial score (nSPS) is 43.1. The van der Waals surface area contributed by atoms with Gasteiger partial charge in [0.25, 0.3) is 0 Å². The zero-order valence-electron chi connectivity index (χ0n) is 12.3. The van der Waals surface area contributed by atoms with Gasteiger partial charge in [0.2, 0.25) is 5.91 Å². The van der Waals surface area contributed by atoms with Gasteiger partial charge in [-0.15, -0.1) is 0 Å². The summed E-state index contributed by atoms with van der Waals surface area (Å²) in [5, 5.41) is 9.76. The van der Waals surface area contributed by atoms with Gasteiger partial charge in [-0.1, -0.05) is 0 Å². The summed E-state index contributed by atoms with van der Waals surface area (Å²) in [6, 6.07) is 2.35. The molecule has 5 fully saturated rings. The molecule has 1 amide bonds. The molecule has 0 aromatic carbocycles. The van der Waals surface area contributed by atoms with E-state index in [4.69, 9.17) is 0 Å². The molecule has 5 rings (SSSR count). The minimum atomic E-state index is -0.177. The SMILES string of the molecule is CN(C(=O)C1CC1)C(C#N)C12CC3CC(CC(C3)C1)C2. The van der Waals surface area contributed by atoms with Crippen molar-refractivity contribution in [3.05, 3.63) is 0 Å². The molecule has 1 unspecified atom stereocenters. The lowest BCUT2D eigenvalue weighted by atomic mass is 9.47. The van der Waals surface area contributed by atoms with Gasteiger partial charge in [-0.3, -0.25) is 4.79 Å². The molecule has 4 bridgehead atoms. The Morgan fingerprint density at radius 2 is 1.65 bits per heavy atom. The van der Waals surface area contributed by atoms with E-state index in [9.17, 15) is 10.1 Å². The van der Waals surface area contributed by atoms with Gasteiger partial charge >= 0.3 is 0 Å². The molecule has 5 aliphatic carbocycles. The summed E-state index contributed by atoms with van der Waals surface area (Å²) in [7, 11) is 1.88. The van der Waals surface area contributed by atoms with Gasteiger partial charge in [0, 0.05) is 18.4 Å². The molecular weight excluding hydrogens is 248 g/mol. The highest BCUT2D eigenvalue weighted by Crippen LogP contribution is 2.62. The van der Waals surface area contributed by atoms with Crippen molar-refractivity contribution >= 4 is 5.91 Å². The average molecular weight is 272 g/mol. The minimum Gasteiger partial charge on any atom is -0.329 e. The standard InChI is InChI=1S/C17H24N2O/c1-19(16(20)14-2-3-14)15(10-18)17-7-11-4-12(8-17)6-13(5-11)9-17/h11-15H,2-9H2,1H3. The summed E-state index contributed by atoms with van der Waals surface area (Å²) in [5.74, 6) is 2.96. The summed E-state index contributed by atoms with van der Waals surface area (Å²) in [6.07, 6.45) is 9.80. The highest BCUT2D eigenvalue weighted by molar-refractivity contribution is 5.81. The Hall–Kier alpha value is -1.04. The number of carbonyl (C=O) groups excluding carboxylic acids is 1. The Balaban J connectivity index is 1.60. The number of hydrogen-bond donors (Lipinski definition) is 0. The van der Waals surface area contributed by atoms with Crippen LogP contribution in [0.4, 0.5) is 0 Å². The molecule has 0 N–H and O–H groups in total. The molecule has 20 heavy (non-hydrogen) atoms. The molecule has 1 atom stereocenters. The highest BCUT2D eigenvalue weighted by Gasteiger charge is 2.56. The van der Waals surface area contributed by atoms with Crippen molar-refractivity contribution < 1.29 is 4.79 Å². The maximum atomic E-state index is 12.4. The van der Waals surface area contributed by atoms with Crippen LogP contribution in [0.3, 0.4) is 0 Å². The zero-order chi connectivity index (χ0) is 13.9. The molecule has 3 nitrogen and oxygen atoms in total. The van der Waals surface area contributed by atoms with Crippen LogP contribution in [-0.2, 0) is 4.79 Å². The Morgan fingerprint density at radius 1 is 1.15 bits per heavy atom. The van der Waals surface area contributed by atoms with Crippen LogP contribution in [0.25, 0.3) is 0 Å². The van der Waals surface area contributed by atoms with Crippen LogP contribution < -0.4 is 0 Å². The smallest absolute Gasteiger partial charge is 0.226 e. The predicted molar refractivity (Wildman–Crippen MR) is 75.5 cm³/mol. The third-order valence-electron chi connectivity index (χ3n) is 6.45. The molecule has 0 radical (unpaired) electrons. The van der Waals surface area contributed by atoms with Crippen LogP contribution in [0.1, 0.15) is 51.4 Å². The van der Waals surface area contributed by atoms with E-state index < -0.39 is 0 Å². The second kappa shape index (κ2) is 4.23. The Kier molecular flexibility index (Phi) is 2.68. The summed E-state index contributed by atoms with van der Waals surface area (Å²) in [4.78, 5) is 14.2. The monoisotopic (exact) mass is 272 g/mol. The number of nitrogens with zero attached hydrogens (tertiary/aromatic N) is 2. The summed E-state index contributed by atoms with van der Waals surface area (Å²) in [5.41, 5.74) is 0.128. The van der Waals surface area contributed by atoms with Crippen molar-refractivity contribution in [2.75, 3.05) is 7.05 Å². The van der Waals surface area contributed by atoms with Crippen LogP contribution in [0.5, 0.6) is 0 Å². The van der Waals surface area contributed by atoms with Crippen LogP contribution >= 0.6 is 0 Å². The van der Waals surface area contributed by atoms with Crippen molar-refractivity contribution in [2.45, 2.75) is 57.4 Å². The van der Waals surface area contributed by atoms with Gasteiger partial charge in [-0.25, -0.2) is 0 Å². The first kappa shape index (κ1) is 12.7. The summed E-state index contributed by atoms with van der Waals surface area (Å²) < 4.78 is 0. The molecule has 0 aromatic heterocycles. The molecule has 0 heterocycles. The minimum absolute atomic E-state index is 0.128. The quantitative estimate of drug-likeness (QED) is 0.793. The van der Waals surface area contributed by atoms with E-state index in [0.717, 1.165) is 30.6 Å². The molecule has 5 aliphatic rings. The molecular formula is C17H24N2O. The molecule has 5 saturated carbocycles. The summed E-state index contributed by atoms with van der Waals surface area (Å²) >= 11 is 0. The molecule has 3 heteroatoms. The fraction of sp³-hybridized carbons (Fsp3) is 0.882. The van der Waals surface area contributed by atoms with E-state index >= 15 is 0 Å². The molecule has 0 aromatic rings. The first-order chi connectivity index (χ1) is 9.61. The van der Waals surface area contributed by atoms with Crippen molar-refractivity contribution in [2.24, 2.45) is 29.1 Å². The second-order valence-corrected chi connectivity index (χ2v) is 8.03. The number of hydrogen-bond acceptors (Lipinski definition) is 2. The van der Waals surface area contributed by atoms with E-state index in [-0.39, 0.29) is 23.3 Å². The van der Waals surface area contributed by atoms with Crippen LogP contribution in [0, 0.1) is 40.4 Å². The lowest BCUT2D eigenvalue weighted by molar-refractivity contribution is -0.140. The predicted octanol–water partition coefficient (Wildman–Crippen LogP) is 2.96. The Bertz CT molecular complexity index is 439. The van der Waals surface area contributed by atoms with E-state index in [0.29, 0.717) is 0 Å². The first-order valence-electron chi connectivity index (χ1n) is 8.27. The van der Waals surface area contributed by atoms with E-state index in [1.54, 1.807) is 0 Å². The van der Waals surface area contributed by atoms with Crippen molar-refractivity contribution in [1.29, 1.82) is 5.26 Å². The van der Waals surface area contributed by atoms with Gasteiger partial charge in [-0.05, 0) is 69.1 Å². The maximum absolute atomic E-state index is 12.4. The molecule has 108 valence electrons. The Morgan fingerprint density at radius 3 is 2.05 bits per heavy atom. The highest BCUT2D eigenvalue weighted by atomic mass is 16.2. The molecule has 0 saturated heterocycles. The van der Waals surface area contributed by atoms with E-state index in [1.165, 1.54) is 38.5 Å². The average Bonchev–Trinajstić information content (AvgIpc) is 3.20. The fourth-order valence-corrected chi connectivity index (χ4v) is 5.89. The summed E-state index contributed by atoms with van der Waals surface area (Å²) in [6.45, 7) is 0.